The van der Waals surface area contributed by atoms with E-state index in [0.29, 0.717) is 5.92 Å². The van der Waals surface area contributed by atoms with Crippen LogP contribution >= 0.6 is 27.5 Å². The molecule has 3 rings (SSSR count). The number of aromatic nitrogens is 1. The smallest absolute Gasteiger partial charge is 0.0582 e. The van der Waals surface area contributed by atoms with Crippen LogP contribution in [0, 0.1) is 0 Å². The van der Waals surface area contributed by atoms with Crippen LogP contribution in [0.15, 0.2) is 28.9 Å². The number of fused-ring (bicyclic) bond motifs is 1. The zero-order chi connectivity index (χ0) is 10.4. The van der Waals surface area contributed by atoms with Gasteiger partial charge in [0.05, 0.1) is 5.69 Å². The van der Waals surface area contributed by atoms with Gasteiger partial charge in [-0.2, -0.15) is 0 Å². The zero-order valence-corrected chi connectivity index (χ0v) is 10.3. The van der Waals surface area contributed by atoms with Crippen molar-refractivity contribution in [3.63, 3.8) is 0 Å². The Morgan fingerprint density at radius 2 is 2.13 bits per heavy atom. The normalized spacial score (nSPS) is 15.9. The van der Waals surface area contributed by atoms with Gasteiger partial charge >= 0.3 is 0 Å². The molecule has 0 N–H and O–H groups in total. The molecule has 0 amide bonds. The third kappa shape index (κ3) is 1.66. The summed E-state index contributed by atoms with van der Waals surface area (Å²) in [5.41, 5.74) is 1.18. The van der Waals surface area contributed by atoms with Crippen LogP contribution in [0.1, 0.15) is 24.5 Å². The second-order valence-electron chi connectivity index (χ2n) is 3.96. The minimum Gasteiger partial charge on any atom is -0.259 e. The maximum Gasteiger partial charge on any atom is 0.0582 e. The summed E-state index contributed by atoms with van der Waals surface area (Å²) in [5, 5.41) is 3.08. The fourth-order valence-corrected chi connectivity index (χ4v) is 2.75. The Bertz CT molecular complexity index is 534. The number of halogens is 2. The Balaban J connectivity index is 2.29. The topological polar surface area (TPSA) is 12.9 Å². The van der Waals surface area contributed by atoms with Gasteiger partial charge in [0.25, 0.3) is 0 Å². The fraction of sp³-hybridized carbons (Fsp3) is 0.250. The van der Waals surface area contributed by atoms with Gasteiger partial charge in [-0.1, -0.05) is 17.7 Å². The standard InChI is InChI=1S/C12H9BrClN/c13-11-10-5-9(14)4-3-8(10)6-15-12(11)7-1-2-7/h3-7H,1-2H2. The van der Waals surface area contributed by atoms with Crippen LogP contribution in [0.5, 0.6) is 0 Å². The largest absolute Gasteiger partial charge is 0.259 e. The molecular formula is C12H9BrClN. The summed E-state index contributed by atoms with van der Waals surface area (Å²) in [5.74, 6) is 0.655. The van der Waals surface area contributed by atoms with Gasteiger partial charge in [0.2, 0.25) is 0 Å². The summed E-state index contributed by atoms with van der Waals surface area (Å²) in [4.78, 5) is 4.51. The molecule has 2 aromatic rings. The lowest BCUT2D eigenvalue weighted by Gasteiger charge is -2.06. The van der Waals surface area contributed by atoms with Crippen molar-refractivity contribution in [2.24, 2.45) is 0 Å². The van der Waals surface area contributed by atoms with Crippen molar-refractivity contribution in [1.29, 1.82) is 0 Å². The van der Waals surface area contributed by atoms with Crippen LogP contribution in [0.4, 0.5) is 0 Å². The third-order valence-corrected chi connectivity index (χ3v) is 3.85. The van der Waals surface area contributed by atoms with Gasteiger partial charge in [-0.15, -0.1) is 0 Å². The van der Waals surface area contributed by atoms with Crippen LogP contribution < -0.4 is 0 Å². The molecule has 0 radical (unpaired) electrons. The minimum atomic E-state index is 0.655. The Kier molecular flexibility index (Phi) is 2.22. The van der Waals surface area contributed by atoms with Gasteiger partial charge in [-0.25, -0.2) is 0 Å². The van der Waals surface area contributed by atoms with Crippen molar-refractivity contribution >= 4 is 38.3 Å². The van der Waals surface area contributed by atoms with Crippen molar-refractivity contribution in [3.8, 4) is 0 Å². The zero-order valence-electron chi connectivity index (χ0n) is 8.00. The highest BCUT2D eigenvalue weighted by molar-refractivity contribution is 9.10. The van der Waals surface area contributed by atoms with Gasteiger partial charge in [-0.3, -0.25) is 4.98 Å². The van der Waals surface area contributed by atoms with Crippen LogP contribution in [-0.2, 0) is 0 Å². The first-order valence-electron chi connectivity index (χ1n) is 4.99. The lowest BCUT2D eigenvalue weighted by atomic mass is 10.1. The van der Waals surface area contributed by atoms with Crippen molar-refractivity contribution in [3.05, 3.63) is 39.6 Å². The molecule has 0 aliphatic heterocycles. The van der Waals surface area contributed by atoms with E-state index in [-0.39, 0.29) is 0 Å². The Morgan fingerprint density at radius 3 is 2.87 bits per heavy atom. The van der Waals surface area contributed by atoms with E-state index >= 15 is 0 Å². The molecule has 15 heavy (non-hydrogen) atoms. The first-order valence-corrected chi connectivity index (χ1v) is 6.16. The molecule has 1 nitrogen and oxygen atoms in total. The maximum absolute atomic E-state index is 6.00. The first-order chi connectivity index (χ1) is 7.25. The van der Waals surface area contributed by atoms with Crippen LogP contribution in [0.25, 0.3) is 10.8 Å². The maximum atomic E-state index is 6.00. The van der Waals surface area contributed by atoms with Crippen LogP contribution in [0.3, 0.4) is 0 Å². The Labute approximate surface area is 102 Å². The predicted octanol–water partition coefficient (Wildman–Crippen LogP) is 4.53. The number of hydrogen-bond donors (Lipinski definition) is 0. The molecule has 1 aliphatic rings. The minimum absolute atomic E-state index is 0.655. The SMILES string of the molecule is Clc1ccc2cnc(C3CC3)c(Br)c2c1. The number of pyridine rings is 1. The Hall–Kier alpha value is -0.600. The lowest BCUT2D eigenvalue weighted by molar-refractivity contribution is 1.02. The molecule has 0 atom stereocenters. The third-order valence-electron chi connectivity index (χ3n) is 2.78. The highest BCUT2D eigenvalue weighted by atomic mass is 79.9. The summed E-state index contributed by atoms with van der Waals surface area (Å²) in [6.07, 6.45) is 4.46. The van der Waals surface area contributed by atoms with Crippen LogP contribution in [0.2, 0.25) is 5.02 Å². The van der Waals surface area contributed by atoms with E-state index in [1.807, 2.05) is 24.4 Å². The second kappa shape index (κ2) is 3.46. The summed E-state index contributed by atoms with van der Waals surface area (Å²) in [6.45, 7) is 0. The molecule has 0 spiro atoms. The second-order valence-corrected chi connectivity index (χ2v) is 5.19. The molecule has 1 aromatic heterocycles. The van der Waals surface area contributed by atoms with E-state index in [0.717, 1.165) is 14.9 Å². The molecule has 1 heterocycles. The van der Waals surface area contributed by atoms with E-state index in [9.17, 15) is 0 Å². The highest BCUT2D eigenvalue weighted by Crippen LogP contribution is 2.44. The number of rotatable bonds is 1. The van der Waals surface area contributed by atoms with E-state index in [1.54, 1.807) is 0 Å². The van der Waals surface area contributed by atoms with Crippen molar-refractivity contribution in [1.82, 2.24) is 4.98 Å². The van der Waals surface area contributed by atoms with E-state index in [4.69, 9.17) is 11.6 Å². The fourth-order valence-electron chi connectivity index (χ4n) is 1.81. The molecule has 1 aromatic carbocycles. The summed E-state index contributed by atoms with van der Waals surface area (Å²) in [6, 6.07) is 5.90. The Morgan fingerprint density at radius 1 is 1.33 bits per heavy atom. The number of benzene rings is 1. The molecule has 0 bridgehead atoms. The van der Waals surface area contributed by atoms with Crippen molar-refractivity contribution in [2.45, 2.75) is 18.8 Å². The lowest BCUT2D eigenvalue weighted by Crippen LogP contribution is -1.89. The van der Waals surface area contributed by atoms with Crippen molar-refractivity contribution < 1.29 is 0 Å². The molecule has 0 saturated heterocycles. The molecule has 3 heteroatoms. The van der Waals surface area contributed by atoms with E-state index in [1.165, 1.54) is 23.9 Å². The molecule has 1 aliphatic carbocycles. The summed E-state index contributed by atoms with van der Waals surface area (Å²) >= 11 is 9.63. The van der Waals surface area contributed by atoms with Gasteiger partial charge in [-0.05, 0) is 40.9 Å². The monoisotopic (exact) mass is 281 g/mol. The van der Waals surface area contributed by atoms with Gasteiger partial charge in [0.15, 0.2) is 0 Å². The molecule has 1 fully saturated rings. The highest BCUT2D eigenvalue weighted by Gasteiger charge is 2.27. The van der Waals surface area contributed by atoms with Crippen molar-refractivity contribution in [2.75, 3.05) is 0 Å². The summed E-state index contributed by atoms with van der Waals surface area (Å²) < 4.78 is 1.12. The predicted molar refractivity (Wildman–Crippen MR) is 66.4 cm³/mol. The van der Waals surface area contributed by atoms with E-state index < -0.39 is 0 Å². The number of hydrogen-bond acceptors (Lipinski definition) is 1. The molecule has 76 valence electrons. The van der Waals surface area contributed by atoms with Gasteiger partial charge < -0.3 is 0 Å². The average Bonchev–Trinajstić information content (AvgIpc) is 3.03. The molecular weight excluding hydrogens is 273 g/mol. The average molecular weight is 283 g/mol. The van der Waals surface area contributed by atoms with Gasteiger partial charge in [0, 0.05) is 32.4 Å². The quantitative estimate of drug-likeness (QED) is 0.749. The first kappa shape index (κ1) is 9.61. The van der Waals surface area contributed by atoms with Crippen LogP contribution in [-0.4, -0.2) is 4.98 Å². The molecule has 0 unspecified atom stereocenters. The number of nitrogens with zero attached hydrogens (tertiary/aromatic N) is 1. The van der Waals surface area contributed by atoms with E-state index in [2.05, 4.69) is 20.9 Å². The summed E-state index contributed by atoms with van der Waals surface area (Å²) in [7, 11) is 0. The van der Waals surface area contributed by atoms with Gasteiger partial charge in [0.1, 0.15) is 0 Å². The molecule has 1 saturated carbocycles.